The van der Waals surface area contributed by atoms with Crippen molar-refractivity contribution in [3.63, 3.8) is 0 Å². The topological polar surface area (TPSA) is 101 Å². The van der Waals surface area contributed by atoms with Crippen LogP contribution in [0, 0.1) is 11.3 Å². The third kappa shape index (κ3) is 4.39. The lowest BCUT2D eigenvalue weighted by Crippen LogP contribution is -2.53. The molecule has 3 aromatic rings. The second-order valence-corrected chi connectivity index (χ2v) is 9.04. The summed E-state index contributed by atoms with van der Waals surface area (Å²) in [6, 6.07) is 11.0. The number of anilines is 1. The van der Waals surface area contributed by atoms with Gasteiger partial charge in [0.15, 0.2) is 0 Å². The van der Waals surface area contributed by atoms with Crippen LogP contribution < -0.4 is 5.32 Å². The summed E-state index contributed by atoms with van der Waals surface area (Å²) in [6.45, 7) is 6.91. The quantitative estimate of drug-likeness (QED) is 0.571. The van der Waals surface area contributed by atoms with E-state index in [1.54, 1.807) is 6.20 Å². The normalized spacial score (nSPS) is 21.2. The third-order valence-electron chi connectivity index (χ3n) is 7.05. The van der Waals surface area contributed by atoms with Crippen molar-refractivity contribution in [1.82, 2.24) is 24.8 Å². The molecule has 2 N–H and O–H groups in total. The molecule has 2 aromatic heterocycles. The number of aromatic amines is 1. The number of carbonyl (C=O) groups is 1. The molecule has 1 aromatic carbocycles. The molecule has 8 nitrogen and oxygen atoms in total. The van der Waals surface area contributed by atoms with E-state index in [2.05, 4.69) is 32.8 Å². The molecular weight excluding hydrogens is 426 g/mol. The number of hydrogen-bond donors (Lipinski definition) is 2. The summed E-state index contributed by atoms with van der Waals surface area (Å²) in [7, 11) is 0. The number of para-hydroxylation sites is 1. The monoisotopic (exact) mass is 455 g/mol. The Labute approximate surface area is 199 Å². The number of nitriles is 1. The predicted molar refractivity (Wildman–Crippen MR) is 132 cm³/mol. The second kappa shape index (κ2) is 9.65. The van der Waals surface area contributed by atoms with Gasteiger partial charge in [0.25, 0.3) is 0 Å². The molecule has 0 spiro atoms. The Bertz CT molecular complexity index is 1240. The van der Waals surface area contributed by atoms with Crippen molar-refractivity contribution in [3.05, 3.63) is 54.9 Å². The van der Waals surface area contributed by atoms with E-state index >= 15 is 0 Å². The molecule has 2 aliphatic rings. The number of nitrogens with one attached hydrogen (secondary N) is 2. The van der Waals surface area contributed by atoms with E-state index in [-0.39, 0.29) is 11.9 Å². The van der Waals surface area contributed by atoms with E-state index in [1.807, 2.05) is 35.4 Å². The highest BCUT2D eigenvalue weighted by Crippen LogP contribution is 2.31. The number of carbonyl (C=O) groups excluding carboxylic acids is 1. The minimum atomic E-state index is 0.0202. The van der Waals surface area contributed by atoms with E-state index in [1.165, 1.54) is 12.5 Å². The summed E-state index contributed by atoms with van der Waals surface area (Å²) in [5.74, 6) is 0.582. The molecule has 2 atom stereocenters. The molecule has 5 rings (SSSR count). The van der Waals surface area contributed by atoms with E-state index in [0.717, 1.165) is 61.9 Å². The first-order valence-corrected chi connectivity index (χ1v) is 11.9. The van der Waals surface area contributed by atoms with Gasteiger partial charge in [-0.3, -0.25) is 9.69 Å². The van der Waals surface area contributed by atoms with Crippen LogP contribution in [0.2, 0.25) is 0 Å². The number of piperazine rings is 1. The average Bonchev–Trinajstić information content (AvgIpc) is 3.32. The lowest BCUT2D eigenvalue weighted by Gasteiger charge is -2.42. The van der Waals surface area contributed by atoms with Gasteiger partial charge in [-0.05, 0) is 37.8 Å². The van der Waals surface area contributed by atoms with Gasteiger partial charge in [0.1, 0.15) is 6.07 Å². The molecule has 1 aliphatic carbocycles. The maximum Gasteiger partial charge on any atom is 0.246 e. The van der Waals surface area contributed by atoms with Crippen LogP contribution in [0.5, 0.6) is 0 Å². The first-order valence-electron chi connectivity index (χ1n) is 11.9. The molecule has 1 aliphatic heterocycles. The zero-order valence-corrected chi connectivity index (χ0v) is 19.2. The highest BCUT2D eigenvalue weighted by Gasteiger charge is 2.30. The number of fused-ring (bicyclic) bond motifs is 1. The van der Waals surface area contributed by atoms with Gasteiger partial charge < -0.3 is 15.2 Å². The highest BCUT2D eigenvalue weighted by molar-refractivity contribution is 5.95. The standard InChI is InChI=1S/C26H29N7O/c1-2-24(34)33-12-10-32(11-13-33)20-7-5-6-19(14-20)30-26-29-16-18(15-27)25(31-26)22-17-28-23-9-4-3-8-21(22)23/h2-4,8-9,16-17,19-20,28H,1,5-7,10-14H2,(H,29,30,31)/t19-,20+/m1/s1. The molecule has 0 bridgehead atoms. The van der Waals surface area contributed by atoms with Gasteiger partial charge in [0.05, 0.1) is 17.5 Å². The van der Waals surface area contributed by atoms with E-state index in [9.17, 15) is 10.1 Å². The fraction of sp³-hybridized carbons (Fsp3) is 0.385. The Morgan fingerprint density at radius 2 is 2.06 bits per heavy atom. The maximum absolute atomic E-state index is 11.9. The summed E-state index contributed by atoms with van der Waals surface area (Å²) in [5.41, 5.74) is 3.03. The molecule has 3 heterocycles. The third-order valence-corrected chi connectivity index (χ3v) is 7.05. The number of amides is 1. The number of H-pyrrole nitrogens is 1. The lowest BCUT2D eigenvalue weighted by molar-refractivity contribution is -0.128. The van der Waals surface area contributed by atoms with Crippen molar-refractivity contribution >= 4 is 22.8 Å². The zero-order valence-electron chi connectivity index (χ0n) is 19.2. The molecule has 174 valence electrons. The number of hydrogen-bond acceptors (Lipinski definition) is 6. The Balaban J connectivity index is 1.29. The Kier molecular flexibility index (Phi) is 6.28. The van der Waals surface area contributed by atoms with E-state index < -0.39 is 0 Å². The van der Waals surface area contributed by atoms with Crippen LogP contribution in [0.1, 0.15) is 31.2 Å². The Morgan fingerprint density at radius 1 is 1.24 bits per heavy atom. The molecule has 1 amide bonds. The van der Waals surface area contributed by atoms with Crippen molar-refractivity contribution in [2.75, 3.05) is 31.5 Å². The van der Waals surface area contributed by atoms with Crippen molar-refractivity contribution in [2.45, 2.75) is 37.8 Å². The molecule has 0 radical (unpaired) electrons. The van der Waals surface area contributed by atoms with Crippen LogP contribution in [0.25, 0.3) is 22.2 Å². The molecule has 1 saturated heterocycles. The summed E-state index contributed by atoms with van der Waals surface area (Å²) < 4.78 is 0. The van der Waals surface area contributed by atoms with Crippen LogP contribution >= 0.6 is 0 Å². The van der Waals surface area contributed by atoms with Crippen molar-refractivity contribution < 1.29 is 4.79 Å². The predicted octanol–water partition coefficient (Wildman–Crippen LogP) is 3.55. The number of aromatic nitrogens is 3. The lowest BCUT2D eigenvalue weighted by atomic mass is 9.89. The number of benzene rings is 1. The van der Waals surface area contributed by atoms with Crippen molar-refractivity contribution in [3.8, 4) is 17.3 Å². The second-order valence-electron chi connectivity index (χ2n) is 9.04. The van der Waals surface area contributed by atoms with Crippen LogP contribution in [0.3, 0.4) is 0 Å². The SMILES string of the molecule is C=CC(=O)N1CCN([C@H]2CCC[C@@H](Nc3ncc(C#N)c(-c4c[nH]c5ccccc45)n3)C2)CC1. The summed E-state index contributed by atoms with van der Waals surface area (Å²) in [6.07, 6.45) is 9.31. The fourth-order valence-corrected chi connectivity index (χ4v) is 5.25. The number of rotatable bonds is 5. The van der Waals surface area contributed by atoms with Gasteiger partial charge in [0.2, 0.25) is 11.9 Å². The Morgan fingerprint density at radius 3 is 2.85 bits per heavy atom. The zero-order chi connectivity index (χ0) is 23.5. The fourth-order valence-electron chi connectivity index (χ4n) is 5.25. The van der Waals surface area contributed by atoms with Gasteiger partial charge in [-0.15, -0.1) is 0 Å². The van der Waals surface area contributed by atoms with Crippen LogP contribution in [-0.4, -0.2) is 68.9 Å². The van der Waals surface area contributed by atoms with Gasteiger partial charge >= 0.3 is 0 Å². The molecule has 2 fully saturated rings. The largest absolute Gasteiger partial charge is 0.360 e. The Hall–Kier alpha value is -3.70. The van der Waals surface area contributed by atoms with Gasteiger partial charge in [-0.2, -0.15) is 5.26 Å². The smallest absolute Gasteiger partial charge is 0.246 e. The van der Waals surface area contributed by atoms with Crippen LogP contribution in [-0.2, 0) is 4.79 Å². The first kappa shape index (κ1) is 22.1. The summed E-state index contributed by atoms with van der Waals surface area (Å²) in [4.78, 5) is 28.8. The highest BCUT2D eigenvalue weighted by atomic mass is 16.2. The van der Waals surface area contributed by atoms with Gasteiger partial charge in [0, 0.05) is 60.9 Å². The molecule has 8 heteroatoms. The van der Waals surface area contributed by atoms with E-state index in [0.29, 0.717) is 23.2 Å². The van der Waals surface area contributed by atoms with Crippen molar-refractivity contribution in [1.29, 1.82) is 5.26 Å². The maximum atomic E-state index is 11.9. The molecular formula is C26H29N7O. The van der Waals surface area contributed by atoms with Crippen LogP contribution in [0.15, 0.2) is 49.3 Å². The summed E-state index contributed by atoms with van der Waals surface area (Å²) in [5, 5.41) is 14.2. The first-order chi connectivity index (χ1) is 16.7. The summed E-state index contributed by atoms with van der Waals surface area (Å²) >= 11 is 0. The average molecular weight is 456 g/mol. The van der Waals surface area contributed by atoms with E-state index in [4.69, 9.17) is 4.98 Å². The minimum absolute atomic E-state index is 0.0202. The minimum Gasteiger partial charge on any atom is -0.360 e. The molecule has 0 unspecified atom stereocenters. The number of nitrogens with zero attached hydrogens (tertiary/aromatic N) is 5. The van der Waals surface area contributed by atoms with Gasteiger partial charge in [-0.1, -0.05) is 24.8 Å². The molecule has 1 saturated carbocycles. The molecule has 34 heavy (non-hydrogen) atoms. The van der Waals surface area contributed by atoms with Gasteiger partial charge in [-0.25, -0.2) is 9.97 Å². The van der Waals surface area contributed by atoms with Crippen molar-refractivity contribution in [2.24, 2.45) is 0 Å². The van der Waals surface area contributed by atoms with Crippen LogP contribution in [0.4, 0.5) is 5.95 Å².